The van der Waals surface area contributed by atoms with Gasteiger partial charge in [-0.15, -0.1) is 0 Å². The quantitative estimate of drug-likeness (QED) is 0.760. The van der Waals surface area contributed by atoms with E-state index in [2.05, 4.69) is 11.9 Å². The Balaban J connectivity index is 2.73. The Morgan fingerprint density at radius 1 is 1.54 bits per heavy atom. The maximum atomic E-state index is 10.8. The van der Waals surface area contributed by atoms with Crippen LogP contribution >= 0.6 is 0 Å². The molecule has 0 saturated heterocycles. The van der Waals surface area contributed by atoms with Gasteiger partial charge in [0, 0.05) is 5.69 Å². The predicted molar refractivity (Wildman–Crippen MR) is 51.4 cm³/mol. The van der Waals surface area contributed by atoms with Gasteiger partial charge < -0.3 is 5.73 Å². The van der Waals surface area contributed by atoms with E-state index in [-0.39, 0.29) is 0 Å². The predicted octanol–water partition coefficient (Wildman–Crippen LogP) is 1.52. The molecule has 2 N–H and O–H groups in total. The summed E-state index contributed by atoms with van der Waals surface area (Å²) < 4.78 is 0. The molecule has 3 nitrogen and oxygen atoms in total. The number of rotatable bonds is 4. The molecule has 0 atom stereocenters. The average Bonchev–Trinajstić information content (AvgIpc) is 2.15. The number of aryl methyl sites for hydroxylation is 1. The molecule has 0 bridgehead atoms. The van der Waals surface area contributed by atoms with Crippen molar-refractivity contribution in [2.24, 2.45) is 5.73 Å². The van der Waals surface area contributed by atoms with Crippen molar-refractivity contribution in [1.82, 2.24) is 4.98 Å². The first-order chi connectivity index (χ1) is 6.24. The van der Waals surface area contributed by atoms with Crippen LogP contribution in [-0.4, -0.2) is 10.9 Å². The number of carbonyl (C=O) groups excluding carboxylic acids is 1. The fourth-order valence-electron chi connectivity index (χ4n) is 1.11. The number of hydrogen-bond donors (Lipinski definition) is 1. The van der Waals surface area contributed by atoms with Crippen LogP contribution in [0.5, 0.6) is 0 Å². The number of aromatic nitrogens is 1. The Labute approximate surface area is 78.0 Å². The second-order valence-corrected chi connectivity index (χ2v) is 2.98. The summed E-state index contributed by atoms with van der Waals surface area (Å²) in [5.74, 6) is -0.460. The summed E-state index contributed by atoms with van der Waals surface area (Å²) in [6.07, 6.45) is 3.13. The molecule has 3 heteroatoms. The Bertz CT molecular complexity index is 297. The van der Waals surface area contributed by atoms with E-state index in [0.717, 1.165) is 25.0 Å². The summed E-state index contributed by atoms with van der Waals surface area (Å²) in [4.78, 5) is 14.9. The van der Waals surface area contributed by atoms with Gasteiger partial charge >= 0.3 is 0 Å². The zero-order chi connectivity index (χ0) is 9.68. The van der Waals surface area contributed by atoms with Gasteiger partial charge in [-0.3, -0.25) is 4.79 Å². The van der Waals surface area contributed by atoms with E-state index in [4.69, 9.17) is 5.73 Å². The fraction of sp³-hybridized carbons (Fsp3) is 0.400. The summed E-state index contributed by atoms with van der Waals surface area (Å²) in [6, 6.07) is 5.37. The first-order valence-corrected chi connectivity index (χ1v) is 4.49. The summed E-state index contributed by atoms with van der Waals surface area (Å²) in [7, 11) is 0. The van der Waals surface area contributed by atoms with Gasteiger partial charge in [0.25, 0.3) is 5.91 Å². The topological polar surface area (TPSA) is 56.0 Å². The van der Waals surface area contributed by atoms with Gasteiger partial charge in [0.15, 0.2) is 0 Å². The van der Waals surface area contributed by atoms with Crippen LogP contribution in [-0.2, 0) is 6.42 Å². The van der Waals surface area contributed by atoms with Gasteiger partial charge in [0.2, 0.25) is 0 Å². The van der Waals surface area contributed by atoms with Crippen LogP contribution in [0.3, 0.4) is 0 Å². The number of nitrogens with two attached hydrogens (primary N) is 1. The highest BCUT2D eigenvalue weighted by atomic mass is 16.1. The minimum atomic E-state index is -0.460. The molecule has 0 unspecified atom stereocenters. The van der Waals surface area contributed by atoms with Crippen molar-refractivity contribution in [1.29, 1.82) is 0 Å². The number of amides is 1. The highest BCUT2D eigenvalue weighted by Gasteiger charge is 2.01. The Hall–Kier alpha value is -1.38. The van der Waals surface area contributed by atoms with Gasteiger partial charge in [-0.1, -0.05) is 19.4 Å². The lowest BCUT2D eigenvalue weighted by Crippen LogP contribution is -2.13. The maximum Gasteiger partial charge on any atom is 0.267 e. The highest BCUT2D eigenvalue weighted by molar-refractivity contribution is 5.90. The summed E-state index contributed by atoms with van der Waals surface area (Å²) >= 11 is 0. The number of primary amides is 1. The van der Waals surface area contributed by atoms with Crippen molar-refractivity contribution in [3.05, 3.63) is 29.6 Å². The third-order valence-corrected chi connectivity index (χ3v) is 1.85. The maximum absolute atomic E-state index is 10.8. The van der Waals surface area contributed by atoms with Crippen LogP contribution in [0.1, 0.15) is 35.9 Å². The molecule has 0 saturated carbocycles. The van der Waals surface area contributed by atoms with Crippen LogP contribution in [0.2, 0.25) is 0 Å². The molecule has 0 aliphatic heterocycles. The lowest BCUT2D eigenvalue weighted by Gasteiger charge is -2.00. The molecule has 0 radical (unpaired) electrons. The van der Waals surface area contributed by atoms with Crippen molar-refractivity contribution >= 4 is 5.91 Å². The molecule has 1 aromatic rings. The van der Waals surface area contributed by atoms with Crippen LogP contribution < -0.4 is 5.73 Å². The molecule has 13 heavy (non-hydrogen) atoms. The summed E-state index contributed by atoms with van der Waals surface area (Å²) in [5, 5.41) is 0. The van der Waals surface area contributed by atoms with Crippen LogP contribution in [0.4, 0.5) is 0 Å². The first-order valence-electron chi connectivity index (χ1n) is 4.49. The number of nitrogens with zero attached hydrogens (tertiary/aromatic N) is 1. The molecule has 70 valence electrons. The number of hydrogen-bond acceptors (Lipinski definition) is 2. The summed E-state index contributed by atoms with van der Waals surface area (Å²) in [5.41, 5.74) is 6.41. The third kappa shape index (κ3) is 2.86. The zero-order valence-electron chi connectivity index (χ0n) is 7.79. The number of pyridine rings is 1. The molecule has 1 heterocycles. The van der Waals surface area contributed by atoms with Crippen molar-refractivity contribution in [3.8, 4) is 0 Å². The van der Waals surface area contributed by atoms with Crippen molar-refractivity contribution in [2.45, 2.75) is 26.2 Å². The molecule has 1 aromatic heterocycles. The van der Waals surface area contributed by atoms with E-state index >= 15 is 0 Å². The van der Waals surface area contributed by atoms with Crippen molar-refractivity contribution in [2.75, 3.05) is 0 Å². The second-order valence-electron chi connectivity index (χ2n) is 2.98. The molecular weight excluding hydrogens is 164 g/mol. The Kier molecular flexibility index (Phi) is 3.43. The van der Waals surface area contributed by atoms with Gasteiger partial charge in [0.05, 0.1) is 0 Å². The number of carbonyl (C=O) groups is 1. The first kappa shape index (κ1) is 9.71. The summed E-state index contributed by atoms with van der Waals surface area (Å²) in [6.45, 7) is 2.12. The normalized spacial score (nSPS) is 9.92. The average molecular weight is 178 g/mol. The van der Waals surface area contributed by atoms with E-state index < -0.39 is 5.91 Å². The molecule has 0 aromatic carbocycles. The standard InChI is InChI=1S/C10H14N2O/c1-2-3-5-8-6-4-7-9(12-8)10(11)13/h4,6-7H,2-3,5H2,1H3,(H2,11,13). The third-order valence-electron chi connectivity index (χ3n) is 1.85. The zero-order valence-corrected chi connectivity index (χ0v) is 7.79. The molecule has 0 aliphatic carbocycles. The second kappa shape index (κ2) is 4.60. The SMILES string of the molecule is CCCCc1cccc(C(N)=O)n1. The van der Waals surface area contributed by atoms with E-state index in [1.54, 1.807) is 6.07 Å². The van der Waals surface area contributed by atoms with E-state index in [1.165, 1.54) is 0 Å². The molecule has 1 amide bonds. The van der Waals surface area contributed by atoms with Gasteiger partial charge in [-0.25, -0.2) is 4.98 Å². The van der Waals surface area contributed by atoms with E-state index in [0.29, 0.717) is 5.69 Å². The molecule has 0 aliphatic rings. The molecular formula is C10H14N2O. The van der Waals surface area contributed by atoms with Crippen LogP contribution in [0.25, 0.3) is 0 Å². The van der Waals surface area contributed by atoms with Crippen molar-refractivity contribution in [3.63, 3.8) is 0 Å². The number of unbranched alkanes of at least 4 members (excludes halogenated alkanes) is 1. The lowest BCUT2D eigenvalue weighted by molar-refractivity contribution is 0.0995. The highest BCUT2D eigenvalue weighted by Crippen LogP contribution is 2.03. The molecule has 0 fully saturated rings. The Morgan fingerprint density at radius 3 is 2.92 bits per heavy atom. The van der Waals surface area contributed by atoms with E-state index in [9.17, 15) is 4.79 Å². The fourth-order valence-corrected chi connectivity index (χ4v) is 1.11. The lowest BCUT2D eigenvalue weighted by atomic mass is 10.2. The Morgan fingerprint density at radius 2 is 2.31 bits per heavy atom. The van der Waals surface area contributed by atoms with Crippen LogP contribution in [0.15, 0.2) is 18.2 Å². The van der Waals surface area contributed by atoms with Crippen LogP contribution in [0, 0.1) is 0 Å². The van der Waals surface area contributed by atoms with E-state index in [1.807, 2.05) is 12.1 Å². The smallest absolute Gasteiger partial charge is 0.267 e. The van der Waals surface area contributed by atoms with Gasteiger partial charge in [-0.05, 0) is 25.0 Å². The monoisotopic (exact) mass is 178 g/mol. The van der Waals surface area contributed by atoms with Crippen molar-refractivity contribution < 1.29 is 4.79 Å². The largest absolute Gasteiger partial charge is 0.364 e. The van der Waals surface area contributed by atoms with Gasteiger partial charge in [0.1, 0.15) is 5.69 Å². The molecule has 1 rings (SSSR count). The van der Waals surface area contributed by atoms with Gasteiger partial charge in [-0.2, -0.15) is 0 Å². The minimum Gasteiger partial charge on any atom is -0.364 e. The molecule has 0 spiro atoms. The minimum absolute atomic E-state index is 0.355.